The second kappa shape index (κ2) is 7.39. The number of anilines is 1. The number of nitrogens with one attached hydrogen (secondary N) is 2. The van der Waals surface area contributed by atoms with Gasteiger partial charge in [-0.1, -0.05) is 0 Å². The first-order valence-corrected chi connectivity index (χ1v) is 7.90. The average Bonchev–Trinajstić information content (AvgIpc) is 3.11. The third kappa shape index (κ3) is 3.99. The van der Waals surface area contributed by atoms with Gasteiger partial charge < -0.3 is 30.6 Å². The van der Waals surface area contributed by atoms with Crippen molar-refractivity contribution in [2.45, 2.75) is 24.4 Å². The van der Waals surface area contributed by atoms with Crippen LogP contribution >= 0.6 is 12.2 Å². The molecule has 0 bridgehead atoms. The number of fused-ring (bicyclic) bond motifs is 1. The van der Waals surface area contributed by atoms with Crippen molar-refractivity contribution in [3.63, 3.8) is 0 Å². The van der Waals surface area contributed by atoms with E-state index in [4.69, 9.17) is 32.2 Å². The summed E-state index contributed by atoms with van der Waals surface area (Å²) < 4.78 is 29.7. The largest absolute Gasteiger partial charge is 0.370 e. The SMILES string of the molecule is NC(=O)COC1COC2C(NC(=S)Nc3ccc(F)cc3)COC12. The van der Waals surface area contributed by atoms with Crippen molar-refractivity contribution in [3.05, 3.63) is 30.1 Å². The molecule has 2 saturated heterocycles. The minimum Gasteiger partial charge on any atom is -0.370 e. The fraction of sp³-hybridized carbons (Fsp3) is 0.467. The van der Waals surface area contributed by atoms with Crippen LogP contribution in [0.1, 0.15) is 0 Å². The summed E-state index contributed by atoms with van der Waals surface area (Å²) in [7, 11) is 0. The molecule has 24 heavy (non-hydrogen) atoms. The average molecular weight is 355 g/mol. The van der Waals surface area contributed by atoms with E-state index in [9.17, 15) is 9.18 Å². The van der Waals surface area contributed by atoms with E-state index >= 15 is 0 Å². The first-order chi connectivity index (χ1) is 11.5. The van der Waals surface area contributed by atoms with Gasteiger partial charge in [0.2, 0.25) is 5.91 Å². The van der Waals surface area contributed by atoms with Crippen molar-refractivity contribution in [1.29, 1.82) is 0 Å². The molecule has 0 aliphatic carbocycles. The molecule has 7 nitrogen and oxygen atoms in total. The van der Waals surface area contributed by atoms with Gasteiger partial charge >= 0.3 is 0 Å². The van der Waals surface area contributed by atoms with Gasteiger partial charge in [-0.15, -0.1) is 0 Å². The molecule has 4 atom stereocenters. The number of thiocarbonyl (C=S) groups is 1. The van der Waals surface area contributed by atoms with Crippen LogP contribution in [0.3, 0.4) is 0 Å². The Morgan fingerprint density at radius 1 is 1.29 bits per heavy atom. The molecule has 4 N–H and O–H groups in total. The van der Waals surface area contributed by atoms with Crippen LogP contribution in [-0.4, -0.2) is 55.2 Å². The van der Waals surface area contributed by atoms with E-state index in [0.29, 0.717) is 24.0 Å². The van der Waals surface area contributed by atoms with Crippen LogP contribution in [-0.2, 0) is 19.0 Å². The molecule has 2 aliphatic heterocycles. The van der Waals surface area contributed by atoms with Gasteiger partial charge in [0.1, 0.15) is 30.7 Å². The third-order valence-electron chi connectivity index (χ3n) is 3.87. The zero-order chi connectivity index (χ0) is 17.1. The van der Waals surface area contributed by atoms with Crippen LogP contribution in [0.4, 0.5) is 10.1 Å². The van der Waals surface area contributed by atoms with Crippen LogP contribution in [0, 0.1) is 5.82 Å². The van der Waals surface area contributed by atoms with Gasteiger partial charge in [0.05, 0.1) is 19.3 Å². The topological polar surface area (TPSA) is 94.8 Å². The van der Waals surface area contributed by atoms with E-state index in [2.05, 4.69) is 10.6 Å². The summed E-state index contributed by atoms with van der Waals surface area (Å²) in [4.78, 5) is 10.8. The summed E-state index contributed by atoms with van der Waals surface area (Å²) in [5.74, 6) is -0.844. The minimum atomic E-state index is -0.532. The number of rotatable bonds is 5. The Morgan fingerprint density at radius 2 is 2.00 bits per heavy atom. The summed E-state index contributed by atoms with van der Waals surface area (Å²) in [5, 5.41) is 6.50. The van der Waals surface area contributed by atoms with Gasteiger partial charge in [0.15, 0.2) is 5.11 Å². The van der Waals surface area contributed by atoms with E-state index in [0.717, 1.165) is 0 Å². The zero-order valence-corrected chi connectivity index (χ0v) is 13.6. The highest BCUT2D eigenvalue weighted by molar-refractivity contribution is 7.80. The molecule has 3 rings (SSSR count). The Hall–Kier alpha value is -1.81. The summed E-state index contributed by atoms with van der Waals surface area (Å²) >= 11 is 5.26. The molecule has 4 unspecified atom stereocenters. The van der Waals surface area contributed by atoms with Gasteiger partial charge in [0.25, 0.3) is 0 Å². The van der Waals surface area contributed by atoms with Crippen LogP contribution in [0.25, 0.3) is 0 Å². The van der Waals surface area contributed by atoms with Crippen LogP contribution < -0.4 is 16.4 Å². The molecule has 2 heterocycles. The molecule has 130 valence electrons. The van der Waals surface area contributed by atoms with E-state index in [1.165, 1.54) is 12.1 Å². The van der Waals surface area contributed by atoms with Crippen molar-refractivity contribution in [1.82, 2.24) is 5.32 Å². The Labute approximate surface area is 143 Å². The van der Waals surface area contributed by atoms with Gasteiger partial charge in [-0.05, 0) is 36.5 Å². The number of carbonyl (C=O) groups excluding carboxylic acids is 1. The van der Waals surface area contributed by atoms with Crippen molar-refractivity contribution in [3.8, 4) is 0 Å². The second-order valence-corrected chi connectivity index (χ2v) is 6.03. The second-order valence-electron chi connectivity index (χ2n) is 5.62. The Kier molecular flexibility index (Phi) is 5.24. The van der Waals surface area contributed by atoms with Crippen LogP contribution in [0.2, 0.25) is 0 Å². The van der Waals surface area contributed by atoms with Crippen LogP contribution in [0.15, 0.2) is 24.3 Å². The Bertz CT molecular complexity index is 615. The van der Waals surface area contributed by atoms with Crippen molar-refractivity contribution in [2.75, 3.05) is 25.1 Å². The smallest absolute Gasteiger partial charge is 0.243 e. The lowest BCUT2D eigenvalue weighted by molar-refractivity contribution is -0.126. The molecule has 2 fully saturated rings. The number of halogens is 1. The quantitative estimate of drug-likeness (QED) is 0.647. The van der Waals surface area contributed by atoms with E-state index < -0.39 is 5.91 Å². The number of amides is 1. The molecule has 0 spiro atoms. The number of hydrogen-bond donors (Lipinski definition) is 3. The maximum atomic E-state index is 12.9. The molecule has 1 amide bonds. The van der Waals surface area contributed by atoms with Crippen LogP contribution in [0.5, 0.6) is 0 Å². The lowest BCUT2D eigenvalue weighted by atomic mass is 10.1. The fourth-order valence-electron chi connectivity index (χ4n) is 2.79. The summed E-state index contributed by atoms with van der Waals surface area (Å²) in [6.07, 6.45) is -0.820. The number of carbonyl (C=O) groups is 1. The predicted octanol–water partition coefficient (Wildman–Crippen LogP) is 0.149. The van der Waals surface area contributed by atoms with Crippen molar-refractivity contribution < 1.29 is 23.4 Å². The molecule has 0 aromatic heterocycles. The highest BCUT2D eigenvalue weighted by Gasteiger charge is 2.48. The van der Waals surface area contributed by atoms with E-state index in [1.807, 2.05) is 0 Å². The highest BCUT2D eigenvalue weighted by atomic mass is 32.1. The van der Waals surface area contributed by atoms with Crippen molar-refractivity contribution >= 4 is 28.9 Å². The number of nitrogens with two attached hydrogens (primary N) is 1. The summed E-state index contributed by atoms with van der Waals surface area (Å²) in [6.45, 7) is 0.569. The molecule has 9 heteroatoms. The van der Waals surface area contributed by atoms with Gasteiger partial charge in [0, 0.05) is 5.69 Å². The molecular formula is C15H18FN3O4S. The molecule has 1 aromatic rings. The summed E-state index contributed by atoms with van der Waals surface area (Å²) in [6, 6.07) is 5.74. The molecule has 1 aromatic carbocycles. The maximum Gasteiger partial charge on any atom is 0.243 e. The monoisotopic (exact) mass is 355 g/mol. The van der Waals surface area contributed by atoms with Gasteiger partial charge in [-0.2, -0.15) is 0 Å². The molecule has 0 saturated carbocycles. The minimum absolute atomic E-state index is 0.141. The number of benzene rings is 1. The Balaban J connectivity index is 1.51. The number of hydrogen-bond acceptors (Lipinski definition) is 5. The third-order valence-corrected chi connectivity index (χ3v) is 4.09. The molecule has 2 aliphatic rings. The number of primary amides is 1. The predicted molar refractivity (Wildman–Crippen MR) is 88.0 cm³/mol. The van der Waals surface area contributed by atoms with Gasteiger partial charge in [-0.3, -0.25) is 4.79 Å². The number of ether oxygens (including phenoxy) is 3. The summed E-state index contributed by atoms with van der Waals surface area (Å²) in [5.41, 5.74) is 5.76. The molecule has 0 radical (unpaired) electrons. The lowest BCUT2D eigenvalue weighted by Gasteiger charge is -2.19. The zero-order valence-electron chi connectivity index (χ0n) is 12.7. The first-order valence-electron chi connectivity index (χ1n) is 7.49. The van der Waals surface area contributed by atoms with Crippen molar-refractivity contribution in [2.24, 2.45) is 5.73 Å². The fourth-order valence-corrected chi connectivity index (χ4v) is 3.06. The Morgan fingerprint density at radius 3 is 2.71 bits per heavy atom. The normalized spacial score (nSPS) is 28.4. The molecular weight excluding hydrogens is 337 g/mol. The standard InChI is InChI=1S/C15H18FN3O4S/c16-8-1-3-9(4-2-8)18-15(24)19-10-5-22-14-11(6-23-13(10)14)21-7-12(17)20/h1-4,10-11,13-14H,5-7H2,(H2,17,20)(H2,18,19,24). The lowest BCUT2D eigenvalue weighted by Crippen LogP contribution is -2.46. The van der Waals surface area contributed by atoms with Gasteiger partial charge in [-0.25, -0.2) is 4.39 Å². The van der Waals surface area contributed by atoms with E-state index in [-0.39, 0.29) is 36.8 Å². The first kappa shape index (κ1) is 17.0. The van der Waals surface area contributed by atoms with E-state index in [1.54, 1.807) is 12.1 Å². The maximum absolute atomic E-state index is 12.9. The highest BCUT2D eigenvalue weighted by Crippen LogP contribution is 2.28.